The average molecular weight is 317 g/mol. The Bertz CT molecular complexity index is 731. The Morgan fingerprint density at radius 3 is 2.59 bits per heavy atom. The van der Waals surface area contributed by atoms with E-state index < -0.39 is 6.10 Å². The Labute approximate surface area is 132 Å². The molecule has 0 saturated carbocycles. The number of halogens is 1. The Kier molecular flexibility index (Phi) is 3.18. The van der Waals surface area contributed by atoms with Gasteiger partial charge in [-0.3, -0.25) is 4.79 Å². The quantitative estimate of drug-likeness (QED) is 0.695. The molecule has 4 atom stereocenters. The lowest BCUT2D eigenvalue weighted by atomic mass is 10.0. The van der Waals surface area contributed by atoms with Crippen molar-refractivity contribution in [2.45, 2.75) is 24.4 Å². The molecule has 2 heterocycles. The first-order valence-electron chi connectivity index (χ1n) is 7.04. The van der Waals surface area contributed by atoms with Gasteiger partial charge in [0.2, 0.25) is 0 Å². The second kappa shape index (κ2) is 5.09. The van der Waals surface area contributed by atoms with Crippen molar-refractivity contribution in [3.05, 3.63) is 64.7 Å². The first-order valence-corrected chi connectivity index (χ1v) is 7.41. The molecule has 2 aliphatic rings. The number of carbonyl (C=O) groups excluding carboxylic acids is 1. The summed E-state index contributed by atoms with van der Waals surface area (Å²) in [5.41, 5.74) is 1.27. The van der Waals surface area contributed by atoms with Crippen LogP contribution in [-0.2, 0) is 9.47 Å². The van der Waals surface area contributed by atoms with Crippen LogP contribution >= 0.6 is 11.6 Å². The van der Waals surface area contributed by atoms with Crippen molar-refractivity contribution in [3.8, 4) is 5.75 Å². The summed E-state index contributed by atoms with van der Waals surface area (Å²) in [6.45, 7) is 0. The first kappa shape index (κ1) is 13.8. The average Bonchev–Trinajstić information content (AvgIpc) is 3.42. The summed E-state index contributed by atoms with van der Waals surface area (Å²) in [6.07, 6.45) is -0.936. The number of phenols is 1. The van der Waals surface area contributed by atoms with Crippen LogP contribution < -0.4 is 0 Å². The minimum absolute atomic E-state index is 0.0167. The van der Waals surface area contributed by atoms with Crippen molar-refractivity contribution in [1.29, 1.82) is 0 Å². The zero-order valence-corrected chi connectivity index (χ0v) is 12.2. The van der Waals surface area contributed by atoms with E-state index in [0.717, 1.165) is 5.56 Å². The maximum absolute atomic E-state index is 12.4. The summed E-state index contributed by atoms with van der Waals surface area (Å²) in [5.74, 6) is -0.340. The van der Waals surface area contributed by atoms with Gasteiger partial charge in [-0.1, -0.05) is 41.9 Å². The van der Waals surface area contributed by atoms with Gasteiger partial charge in [-0.15, -0.1) is 0 Å². The van der Waals surface area contributed by atoms with Crippen LogP contribution in [0.1, 0.15) is 22.0 Å². The van der Waals surface area contributed by atoms with E-state index in [1.54, 1.807) is 0 Å². The van der Waals surface area contributed by atoms with Gasteiger partial charge >= 0.3 is 0 Å². The molecule has 112 valence electrons. The summed E-state index contributed by atoms with van der Waals surface area (Å²) >= 11 is 5.87. The predicted molar refractivity (Wildman–Crippen MR) is 80.2 cm³/mol. The third kappa shape index (κ3) is 2.39. The summed E-state index contributed by atoms with van der Waals surface area (Å²) in [6, 6.07) is 14.2. The molecule has 2 aromatic carbocycles. The van der Waals surface area contributed by atoms with E-state index >= 15 is 0 Å². The minimum atomic E-state index is -0.567. The molecule has 2 aromatic rings. The monoisotopic (exact) mass is 316 g/mol. The van der Waals surface area contributed by atoms with E-state index in [1.807, 2.05) is 30.3 Å². The van der Waals surface area contributed by atoms with E-state index in [-0.39, 0.29) is 35.4 Å². The maximum atomic E-state index is 12.4. The fourth-order valence-corrected chi connectivity index (χ4v) is 2.90. The van der Waals surface area contributed by atoms with Crippen molar-refractivity contribution in [3.63, 3.8) is 0 Å². The fraction of sp³-hybridized carbons (Fsp3) is 0.235. The molecule has 0 spiro atoms. The second-order valence-corrected chi connectivity index (χ2v) is 5.92. The molecule has 4 nitrogen and oxygen atoms in total. The summed E-state index contributed by atoms with van der Waals surface area (Å²) in [4.78, 5) is 12.4. The number of Topliss-reactive ketones (excluding diaryl/α,β-unsaturated/α-hetero) is 1. The molecular weight excluding hydrogens is 304 g/mol. The molecule has 2 saturated heterocycles. The summed E-state index contributed by atoms with van der Waals surface area (Å²) < 4.78 is 11.1. The highest BCUT2D eigenvalue weighted by Crippen LogP contribution is 2.48. The van der Waals surface area contributed by atoms with Crippen LogP contribution in [0.15, 0.2) is 48.5 Å². The number of benzene rings is 2. The lowest BCUT2D eigenvalue weighted by Crippen LogP contribution is -2.14. The van der Waals surface area contributed by atoms with Crippen LogP contribution in [0, 0.1) is 0 Å². The second-order valence-electron chi connectivity index (χ2n) is 5.48. The topological polar surface area (TPSA) is 62.4 Å². The van der Waals surface area contributed by atoms with Crippen molar-refractivity contribution in [2.75, 3.05) is 0 Å². The number of rotatable bonds is 4. The van der Waals surface area contributed by atoms with Crippen LogP contribution in [0.5, 0.6) is 5.75 Å². The molecule has 2 fully saturated rings. The molecule has 0 radical (unpaired) electrons. The van der Waals surface area contributed by atoms with Crippen molar-refractivity contribution >= 4 is 17.4 Å². The van der Waals surface area contributed by atoms with E-state index in [9.17, 15) is 9.90 Å². The van der Waals surface area contributed by atoms with Crippen molar-refractivity contribution in [1.82, 2.24) is 0 Å². The third-order valence-corrected chi connectivity index (χ3v) is 4.22. The summed E-state index contributed by atoms with van der Waals surface area (Å²) in [5, 5.41) is 10.2. The van der Waals surface area contributed by atoms with Gasteiger partial charge < -0.3 is 14.6 Å². The zero-order valence-electron chi connectivity index (χ0n) is 11.5. The van der Waals surface area contributed by atoms with E-state index in [1.165, 1.54) is 18.2 Å². The molecule has 22 heavy (non-hydrogen) atoms. The van der Waals surface area contributed by atoms with Crippen LogP contribution in [0.3, 0.4) is 0 Å². The Morgan fingerprint density at radius 2 is 1.82 bits per heavy atom. The highest BCUT2D eigenvalue weighted by atomic mass is 35.5. The van der Waals surface area contributed by atoms with Gasteiger partial charge in [-0.2, -0.15) is 0 Å². The fourth-order valence-electron chi connectivity index (χ4n) is 2.73. The van der Waals surface area contributed by atoms with E-state index in [2.05, 4.69) is 0 Å². The van der Waals surface area contributed by atoms with Crippen LogP contribution in [0.25, 0.3) is 0 Å². The first-order chi connectivity index (χ1) is 10.6. The standard InChI is InChI=1S/C17H13ClO4/c18-10-6-7-12(19)11(8-10)13(20)15-17(22-15)16-14(21-16)9-4-2-1-3-5-9/h1-8,14-17,19H. The molecule has 0 bridgehead atoms. The number of hydrogen-bond acceptors (Lipinski definition) is 4. The van der Waals surface area contributed by atoms with Crippen molar-refractivity contribution in [2.24, 2.45) is 0 Å². The van der Waals surface area contributed by atoms with Crippen molar-refractivity contribution < 1.29 is 19.4 Å². The smallest absolute Gasteiger partial charge is 0.198 e. The van der Waals surface area contributed by atoms with Crippen LogP contribution in [0.4, 0.5) is 0 Å². The minimum Gasteiger partial charge on any atom is -0.507 e. The Hall–Kier alpha value is -1.88. The van der Waals surface area contributed by atoms with E-state index in [4.69, 9.17) is 21.1 Å². The van der Waals surface area contributed by atoms with Gasteiger partial charge in [0, 0.05) is 5.02 Å². The summed E-state index contributed by atoms with van der Waals surface area (Å²) in [7, 11) is 0. The highest BCUT2D eigenvalue weighted by molar-refractivity contribution is 6.31. The highest BCUT2D eigenvalue weighted by Gasteiger charge is 2.60. The Morgan fingerprint density at radius 1 is 1.05 bits per heavy atom. The SMILES string of the molecule is O=C(c1cc(Cl)ccc1O)C1OC1C1OC1c1ccccc1. The number of phenolic OH excluding ortho intramolecular Hbond substituents is 1. The molecule has 0 aliphatic carbocycles. The molecular formula is C17H13ClO4. The zero-order chi connectivity index (χ0) is 15.3. The molecule has 4 rings (SSSR count). The largest absolute Gasteiger partial charge is 0.507 e. The van der Waals surface area contributed by atoms with Crippen LogP contribution in [-0.4, -0.2) is 29.2 Å². The number of ether oxygens (including phenoxy) is 2. The normalized spacial score (nSPS) is 29.1. The lowest BCUT2D eigenvalue weighted by Gasteiger charge is -2.01. The molecule has 1 N–H and O–H groups in total. The third-order valence-electron chi connectivity index (χ3n) is 3.99. The number of carbonyl (C=O) groups is 1. The van der Waals surface area contributed by atoms with Gasteiger partial charge in [0.1, 0.15) is 30.2 Å². The van der Waals surface area contributed by atoms with Gasteiger partial charge in [0.15, 0.2) is 5.78 Å². The van der Waals surface area contributed by atoms with Gasteiger partial charge in [0.05, 0.1) is 5.56 Å². The van der Waals surface area contributed by atoms with Gasteiger partial charge in [-0.05, 0) is 23.8 Å². The van der Waals surface area contributed by atoms with Crippen LogP contribution in [0.2, 0.25) is 5.02 Å². The van der Waals surface area contributed by atoms with Gasteiger partial charge in [-0.25, -0.2) is 0 Å². The number of hydrogen-bond donors (Lipinski definition) is 1. The molecule has 4 unspecified atom stereocenters. The molecule has 5 heteroatoms. The lowest BCUT2D eigenvalue weighted by molar-refractivity contribution is 0.0951. The number of ketones is 1. The predicted octanol–water partition coefficient (Wildman–Crippen LogP) is 3.14. The molecule has 0 amide bonds. The maximum Gasteiger partial charge on any atom is 0.198 e. The molecule has 0 aromatic heterocycles. The van der Waals surface area contributed by atoms with E-state index in [0.29, 0.717) is 5.02 Å². The number of aromatic hydroxyl groups is 1. The Balaban J connectivity index is 1.45. The van der Waals surface area contributed by atoms with Gasteiger partial charge in [0.25, 0.3) is 0 Å². The number of epoxide rings is 2. The molecule has 2 aliphatic heterocycles.